The van der Waals surface area contributed by atoms with Gasteiger partial charge in [-0.1, -0.05) is 0 Å². The number of sulfonamides is 1. The lowest BCUT2D eigenvalue weighted by atomic mass is 10.2. The molecule has 0 radical (unpaired) electrons. The Morgan fingerprint density at radius 3 is 2.60 bits per heavy atom. The minimum Gasteiger partial charge on any atom is -0.494 e. The molecule has 1 aliphatic rings. The first-order chi connectivity index (χ1) is 9.51. The van der Waals surface area contributed by atoms with Crippen molar-refractivity contribution >= 4 is 15.9 Å². The third-order valence-electron chi connectivity index (χ3n) is 3.05. The predicted molar refractivity (Wildman–Crippen MR) is 74.0 cm³/mol. The fraction of sp³-hybridized carbons (Fsp3) is 0.462. The van der Waals surface area contributed by atoms with E-state index in [9.17, 15) is 13.2 Å². The van der Waals surface area contributed by atoms with Crippen LogP contribution in [0, 0.1) is 0 Å². The molecule has 1 unspecified atom stereocenters. The number of amides is 1. The van der Waals surface area contributed by atoms with Gasteiger partial charge in [-0.2, -0.15) is 0 Å². The number of hydrogen-bond donors (Lipinski definition) is 2. The number of rotatable bonds is 6. The smallest absolute Gasteiger partial charge is 0.240 e. The van der Waals surface area contributed by atoms with Gasteiger partial charge in [0.15, 0.2) is 0 Å². The van der Waals surface area contributed by atoms with Crippen molar-refractivity contribution < 1.29 is 17.9 Å². The molecule has 0 aliphatic carbocycles. The maximum atomic E-state index is 12.1. The van der Waals surface area contributed by atoms with E-state index < -0.39 is 10.0 Å². The van der Waals surface area contributed by atoms with Crippen molar-refractivity contribution in [1.29, 1.82) is 0 Å². The van der Waals surface area contributed by atoms with Crippen molar-refractivity contribution in [2.45, 2.75) is 30.7 Å². The van der Waals surface area contributed by atoms with Crippen molar-refractivity contribution in [2.75, 3.05) is 13.2 Å². The maximum Gasteiger partial charge on any atom is 0.240 e. The predicted octanol–water partition coefficient (Wildman–Crippen LogP) is 0.642. The van der Waals surface area contributed by atoms with Crippen LogP contribution in [0.5, 0.6) is 5.75 Å². The average molecular weight is 298 g/mol. The first-order valence-corrected chi connectivity index (χ1v) is 8.01. The molecule has 20 heavy (non-hydrogen) atoms. The Kier molecular flexibility index (Phi) is 4.61. The molecule has 1 aromatic carbocycles. The Balaban J connectivity index is 1.97. The number of hydrogen-bond acceptors (Lipinski definition) is 4. The molecule has 1 heterocycles. The van der Waals surface area contributed by atoms with Crippen LogP contribution in [-0.2, 0) is 14.8 Å². The maximum absolute atomic E-state index is 12.1. The summed E-state index contributed by atoms with van der Waals surface area (Å²) >= 11 is 0. The van der Waals surface area contributed by atoms with Gasteiger partial charge in [0, 0.05) is 19.0 Å². The van der Waals surface area contributed by atoms with Gasteiger partial charge < -0.3 is 10.1 Å². The van der Waals surface area contributed by atoms with E-state index >= 15 is 0 Å². The van der Waals surface area contributed by atoms with Crippen molar-refractivity contribution in [3.8, 4) is 5.75 Å². The Morgan fingerprint density at radius 2 is 2.05 bits per heavy atom. The zero-order valence-corrected chi connectivity index (χ0v) is 12.1. The molecular formula is C13H18N2O4S. The SMILES string of the molecule is CCOc1ccc(S(=O)(=O)NCC2CCC(=O)N2)cc1. The molecule has 1 aliphatic heterocycles. The summed E-state index contributed by atoms with van der Waals surface area (Å²) in [6.45, 7) is 2.61. The van der Waals surface area contributed by atoms with Gasteiger partial charge in [-0.25, -0.2) is 13.1 Å². The van der Waals surface area contributed by atoms with Crippen molar-refractivity contribution in [2.24, 2.45) is 0 Å². The van der Waals surface area contributed by atoms with Crippen LogP contribution in [0.1, 0.15) is 19.8 Å². The van der Waals surface area contributed by atoms with Gasteiger partial charge in [0.1, 0.15) is 5.75 Å². The Bertz CT molecular complexity index is 569. The van der Waals surface area contributed by atoms with E-state index in [0.29, 0.717) is 25.2 Å². The summed E-state index contributed by atoms with van der Waals surface area (Å²) in [7, 11) is -3.55. The fourth-order valence-electron chi connectivity index (χ4n) is 2.01. The molecule has 0 saturated carbocycles. The summed E-state index contributed by atoms with van der Waals surface area (Å²) in [4.78, 5) is 11.2. The summed E-state index contributed by atoms with van der Waals surface area (Å²) < 4.78 is 31.9. The van der Waals surface area contributed by atoms with E-state index in [1.165, 1.54) is 12.1 Å². The van der Waals surface area contributed by atoms with Gasteiger partial charge in [0.05, 0.1) is 11.5 Å². The number of ether oxygens (including phenoxy) is 1. The highest BCUT2D eigenvalue weighted by Gasteiger charge is 2.23. The van der Waals surface area contributed by atoms with Gasteiger partial charge in [-0.15, -0.1) is 0 Å². The number of benzene rings is 1. The molecule has 0 bridgehead atoms. The number of carbonyl (C=O) groups is 1. The summed E-state index contributed by atoms with van der Waals surface area (Å²) in [5.41, 5.74) is 0. The van der Waals surface area contributed by atoms with E-state index in [-0.39, 0.29) is 23.4 Å². The number of carbonyl (C=O) groups excluding carboxylic acids is 1. The highest BCUT2D eigenvalue weighted by atomic mass is 32.2. The molecule has 1 atom stereocenters. The minimum atomic E-state index is -3.55. The number of nitrogens with one attached hydrogen (secondary N) is 2. The fourth-order valence-corrected chi connectivity index (χ4v) is 3.09. The Labute approximate surface area is 118 Å². The van der Waals surface area contributed by atoms with Gasteiger partial charge in [0.2, 0.25) is 15.9 Å². The molecule has 110 valence electrons. The zero-order valence-electron chi connectivity index (χ0n) is 11.3. The van der Waals surface area contributed by atoms with E-state index in [0.717, 1.165) is 0 Å². The second kappa shape index (κ2) is 6.23. The lowest BCUT2D eigenvalue weighted by Gasteiger charge is -2.12. The molecule has 0 aromatic heterocycles. The molecule has 0 spiro atoms. The molecule has 2 N–H and O–H groups in total. The van der Waals surface area contributed by atoms with Crippen LogP contribution < -0.4 is 14.8 Å². The molecule has 1 amide bonds. The summed E-state index contributed by atoms with van der Waals surface area (Å²) in [6, 6.07) is 6.12. The third-order valence-corrected chi connectivity index (χ3v) is 4.49. The molecule has 2 rings (SSSR count). The topological polar surface area (TPSA) is 84.5 Å². The lowest BCUT2D eigenvalue weighted by molar-refractivity contribution is -0.119. The third kappa shape index (κ3) is 3.71. The minimum absolute atomic E-state index is 0.0322. The van der Waals surface area contributed by atoms with Crippen molar-refractivity contribution in [1.82, 2.24) is 10.0 Å². The lowest BCUT2D eigenvalue weighted by Crippen LogP contribution is -2.38. The van der Waals surface area contributed by atoms with E-state index in [1.54, 1.807) is 12.1 Å². The van der Waals surface area contributed by atoms with Crippen molar-refractivity contribution in [3.05, 3.63) is 24.3 Å². The second-order valence-corrected chi connectivity index (χ2v) is 6.33. The van der Waals surface area contributed by atoms with E-state index in [1.807, 2.05) is 6.92 Å². The van der Waals surface area contributed by atoms with E-state index in [2.05, 4.69) is 10.0 Å². The monoisotopic (exact) mass is 298 g/mol. The highest BCUT2D eigenvalue weighted by Crippen LogP contribution is 2.16. The first kappa shape index (κ1) is 14.8. The quantitative estimate of drug-likeness (QED) is 0.807. The Morgan fingerprint density at radius 1 is 1.35 bits per heavy atom. The van der Waals surface area contributed by atoms with Crippen molar-refractivity contribution in [3.63, 3.8) is 0 Å². The molecule has 1 saturated heterocycles. The first-order valence-electron chi connectivity index (χ1n) is 6.53. The second-order valence-electron chi connectivity index (χ2n) is 4.56. The average Bonchev–Trinajstić information content (AvgIpc) is 2.84. The highest BCUT2D eigenvalue weighted by molar-refractivity contribution is 7.89. The van der Waals surface area contributed by atoms with Gasteiger partial charge in [0.25, 0.3) is 0 Å². The standard InChI is InChI=1S/C13H18N2O4S/c1-2-19-11-4-6-12(7-5-11)20(17,18)14-9-10-3-8-13(16)15-10/h4-7,10,14H,2-3,8-9H2,1H3,(H,15,16). The van der Waals surface area contributed by atoms with Crippen LogP contribution in [0.15, 0.2) is 29.2 Å². The molecule has 6 nitrogen and oxygen atoms in total. The van der Waals surface area contributed by atoms with Crippen LogP contribution in [0.3, 0.4) is 0 Å². The molecular weight excluding hydrogens is 280 g/mol. The zero-order chi connectivity index (χ0) is 14.6. The largest absolute Gasteiger partial charge is 0.494 e. The normalized spacial score (nSPS) is 18.9. The van der Waals surface area contributed by atoms with Gasteiger partial charge in [-0.3, -0.25) is 4.79 Å². The van der Waals surface area contributed by atoms with Crippen LogP contribution in [0.25, 0.3) is 0 Å². The van der Waals surface area contributed by atoms with E-state index in [4.69, 9.17) is 4.74 Å². The van der Waals surface area contributed by atoms with Crippen LogP contribution in [0.2, 0.25) is 0 Å². The van der Waals surface area contributed by atoms with Gasteiger partial charge in [-0.05, 0) is 37.6 Å². The van der Waals surface area contributed by atoms with Crippen LogP contribution in [0.4, 0.5) is 0 Å². The molecule has 1 aromatic rings. The molecule has 1 fully saturated rings. The van der Waals surface area contributed by atoms with Gasteiger partial charge >= 0.3 is 0 Å². The summed E-state index contributed by atoms with van der Waals surface area (Å²) in [5.74, 6) is 0.602. The summed E-state index contributed by atoms with van der Waals surface area (Å²) in [5, 5.41) is 2.72. The molecule has 7 heteroatoms. The Hall–Kier alpha value is -1.60. The summed E-state index contributed by atoms with van der Waals surface area (Å²) in [6.07, 6.45) is 1.11. The van der Waals surface area contributed by atoms with Crippen LogP contribution >= 0.6 is 0 Å². The van der Waals surface area contributed by atoms with Crippen LogP contribution in [-0.4, -0.2) is 33.5 Å².